The summed E-state index contributed by atoms with van der Waals surface area (Å²) in [6.45, 7) is 4.44. The van der Waals surface area contributed by atoms with Crippen LogP contribution in [0.5, 0.6) is 0 Å². The molecule has 1 amide bonds. The summed E-state index contributed by atoms with van der Waals surface area (Å²) in [6, 6.07) is 12.7. The van der Waals surface area contributed by atoms with Gasteiger partial charge in [-0.1, -0.05) is 41.4 Å². The van der Waals surface area contributed by atoms with Crippen molar-refractivity contribution < 1.29 is 14.3 Å². The van der Waals surface area contributed by atoms with Crippen molar-refractivity contribution in [2.75, 3.05) is 25.0 Å². The molecule has 5 nitrogen and oxygen atoms in total. The van der Waals surface area contributed by atoms with Crippen molar-refractivity contribution >= 4 is 40.8 Å². The number of carbonyl (C=O) groups excluding carboxylic acids is 2. The smallest absolute Gasteiger partial charge is 0.339 e. The summed E-state index contributed by atoms with van der Waals surface area (Å²) in [5, 5.41) is 3.98. The topological polar surface area (TPSA) is 58.6 Å². The molecule has 0 atom stereocenters. The first-order chi connectivity index (χ1) is 14.0. The van der Waals surface area contributed by atoms with E-state index in [1.165, 1.54) is 0 Å². The van der Waals surface area contributed by atoms with E-state index in [1.807, 2.05) is 24.3 Å². The number of halogens is 2. The molecule has 1 N–H and O–H groups in total. The minimum absolute atomic E-state index is 0.0421. The number of nitrogens with zero attached hydrogens (tertiary/aromatic N) is 1. The van der Waals surface area contributed by atoms with E-state index in [1.54, 1.807) is 25.1 Å². The maximum Gasteiger partial charge on any atom is 0.339 e. The molecule has 2 aromatic rings. The molecule has 1 aliphatic heterocycles. The molecule has 1 fully saturated rings. The van der Waals surface area contributed by atoms with Gasteiger partial charge in [0, 0.05) is 23.2 Å². The SMILES string of the molecule is CCOC(=O)c1cc(NC(=O)C2CCN(Cc3ccccc3Cl)CC2)ccc1Cl. The number of hydrogen-bond donors (Lipinski definition) is 1. The van der Waals surface area contributed by atoms with Gasteiger partial charge in [-0.2, -0.15) is 0 Å². The van der Waals surface area contributed by atoms with Crippen LogP contribution in [0.4, 0.5) is 5.69 Å². The minimum atomic E-state index is -0.499. The van der Waals surface area contributed by atoms with Crippen LogP contribution in [0.1, 0.15) is 35.7 Å². The van der Waals surface area contributed by atoms with Crippen molar-refractivity contribution in [2.45, 2.75) is 26.3 Å². The molecule has 1 saturated heterocycles. The molecular weight excluding hydrogens is 411 g/mol. The molecule has 1 heterocycles. The van der Waals surface area contributed by atoms with Gasteiger partial charge >= 0.3 is 5.97 Å². The number of hydrogen-bond acceptors (Lipinski definition) is 4. The van der Waals surface area contributed by atoms with E-state index >= 15 is 0 Å². The first-order valence-corrected chi connectivity index (χ1v) is 10.5. The Morgan fingerprint density at radius 2 is 1.83 bits per heavy atom. The lowest BCUT2D eigenvalue weighted by molar-refractivity contribution is -0.121. The third-order valence-electron chi connectivity index (χ3n) is 5.04. The number of ether oxygens (including phenoxy) is 1. The van der Waals surface area contributed by atoms with Gasteiger partial charge in [-0.15, -0.1) is 0 Å². The zero-order valence-electron chi connectivity index (χ0n) is 16.3. The number of rotatable bonds is 6. The Bertz CT molecular complexity index is 880. The number of nitrogens with one attached hydrogen (secondary N) is 1. The average Bonchev–Trinajstić information content (AvgIpc) is 2.72. The highest BCUT2D eigenvalue weighted by Crippen LogP contribution is 2.25. The number of amides is 1. The Balaban J connectivity index is 1.55. The van der Waals surface area contributed by atoms with Gasteiger partial charge < -0.3 is 10.1 Å². The van der Waals surface area contributed by atoms with Crippen LogP contribution >= 0.6 is 23.2 Å². The Morgan fingerprint density at radius 3 is 2.52 bits per heavy atom. The van der Waals surface area contributed by atoms with Crippen molar-refractivity contribution in [1.29, 1.82) is 0 Å². The summed E-state index contributed by atoms with van der Waals surface area (Å²) < 4.78 is 5.00. The maximum atomic E-state index is 12.7. The molecule has 0 saturated carbocycles. The van der Waals surface area contributed by atoms with Crippen molar-refractivity contribution in [3.05, 3.63) is 63.6 Å². The minimum Gasteiger partial charge on any atom is -0.462 e. The molecule has 0 spiro atoms. The van der Waals surface area contributed by atoms with Crippen LogP contribution in [0.2, 0.25) is 10.0 Å². The summed E-state index contributed by atoms with van der Waals surface area (Å²) in [7, 11) is 0. The fourth-order valence-electron chi connectivity index (χ4n) is 3.43. The molecule has 7 heteroatoms. The predicted octanol–water partition coefficient (Wildman–Crippen LogP) is 5.02. The van der Waals surface area contributed by atoms with Crippen LogP contribution in [-0.2, 0) is 16.1 Å². The van der Waals surface area contributed by atoms with Gasteiger partial charge in [-0.25, -0.2) is 4.79 Å². The highest BCUT2D eigenvalue weighted by molar-refractivity contribution is 6.33. The molecule has 2 aromatic carbocycles. The van der Waals surface area contributed by atoms with Gasteiger partial charge in [-0.3, -0.25) is 9.69 Å². The third-order valence-corrected chi connectivity index (χ3v) is 5.74. The molecule has 0 aliphatic carbocycles. The number of likely N-dealkylation sites (tertiary alicyclic amines) is 1. The van der Waals surface area contributed by atoms with E-state index in [0.29, 0.717) is 10.7 Å². The Kier molecular flexibility index (Phi) is 7.53. The van der Waals surface area contributed by atoms with Gasteiger partial charge in [0.15, 0.2) is 0 Å². The first-order valence-electron chi connectivity index (χ1n) is 9.71. The van der Waals surface area contributed by atoms with Gasteiger partial charge in [0.2, 0.25) is 5.91 Å². The zero-order valence-corrected chi connectivity index (χ0v) is 17.8. The number of anilines is 1. The largest absolute Gasteiger partial charge is 0.462 e. The lowest BCUT2D eigenvalue weighted by atomic mass is 9.95. The first kappa shape index (κ1) is 21.6. The highest BCUT2D eigenvalue weighted by Gasteiger charge is 2.25. The molecule has 1 aliphatic rings. The summed E-state index contributed by atoms with van der Waals surface area (Å²) >= 11 is 12.3. The van der Waals surface area contributed by atoms with E-state index in [9.17, 15) is 9.59 Å². The third kappa shape index (κ3) is 5.72. The second-order valence-corrected chi connectivity index (χ2v) is 7.86. The number of benzene rings is 2. The van der Waals surface area contributed by atoms with E-state index in [4.69, 9.17) is 27.9 Å². The lowest BCUT2D eigenvalue weighted by Gasteiger charge is -2.31. The average molecular weight is 435 g/mol. The second-order valence-electron chi connectivity index (χ2n) is 7.05. The van der Waals surface area contributed by atoms with Crippen LogP contribution < -0.4 is 5.32 Å². The molecular formula is C22H24Cl2N2O3. The fourth-order valence-corrected chi connectivity index (χ4v) is 3.82. The number of piperidine rings is 1. The normalized spacial score (nSPS) is 15.1. The fraction of sp³-hybridized carbons (Fsp3) is 0.364. The second kappa shape index (κ2) is 10.1. The van der Waals surface area contributed by atoms with E-state index < -0.39 is 5.97 Å². The van der Waals surface area contributed by atoms with Gasteiger partial charge in [-0.05, 0) is 62.7 Å². The van der Waals surface area contributed by atoms with Gasteiger partial charge in [0.1, 0.15) is 0 Å². The van der Waals surface area contributed by atoms with E-state index in [0.717, 1.165) is 43.1 Å². The van der Waals surface area contributed by atoms with E-state index in [-0.39, 0.29) is 24.0 Å². The number of esters is 1. The predicted molar refractivity (Wildman–Crippen MR) is 115 cm³/mol. The van der Waals surface area contributed by atoms with Crippen LogP contribution in [0, 0.1) is 5.92 Å². The van der Waals surface area contributed by atoms with Crippen LogP contribution in [-0.4, -0.2) is 36.5 Å². The van der Waals surface area contributed by atoms with E-state index in [2.05, 4.69) is 10.2 Å². The molecule has 0 unspecified atom stereocenters. The quantitative estimate of drug-likeness (QED) is 0.648. The Hall–Kier alpha value is -2.08. The van der Waals surface area contributed by atoms with Crippen LogP contribution in [0.3, 0.4) is 0 Å². The van der Waals surface area contributed by atoms with Crippen molar-refractivity contribution in [1.82, 2.24) is 4.90 Å². The monoisotopic (exact) mass is 434 g/mol. The lowest BCUT2D eigenvalue weighted by Crippen LogP contribution is -2.37. The molecule has 0 bridgehead atoms. The Labute approximate surface area is 180 Å². The summed E-state index contributed by atoms with van der Waals surface area (Å²) in [4.78, 5) is 27.0. The number of carbonyl (C=O) groups is 2. The highest BCUT2D eigenvalue weighted by atomic mass is 35.5. The summed E-state index contributed by atoms with van der Waals surface area (Å²) in [6.07, 6.45) is 1.54. The molecule has 0 radical (unpaired) electrons. The maximum absolute atomic E-state index is 12.7. The molecule has 154 valence electrons. The van der Waals surface area contributed by atoms with Crippen molar-refractivity contribution in [3.63, 3.8) is 0 Å². The van der Waals surface area contributed by atoms with Crippen molar-refractivity contribution in [2.24, 2.45) is 5.92 Å². The zero-order chi connectivity index (χ0) is 20.8. The van der Waals surface area contributed by atoms with Crippen LogP contribution in [0.25, 0.3) is 0 Å². The van der Waals surface area contributed by atoms with Gasteiger partial charge in [0.25, 0.3) is 0 Å². The molecule has 29 heavy (non-hydrogen) atoms. The molecule has 3 rings (SSSR count). The van der Waals surface area contributed by atoms with Crippen LogP contribution in [0.15, 0.2) is 42.5 Å². The summed E-state index contributed by atoms with van der Waals surface area (Å²) in [5.41, 5.74) is 1.89. The molecule has 0 aromatic heterocycles. The Morgan fingerprint density at radius 1 is 1.10 bits per heavy atom. The summed E-state index contributed by atoms with van der Waals surface area (Å²) in [5.74, 6) is -0.611. The van der Waals surface area contributed by atoms with Gasteiger partial charge in [0.05, 0.1) is 17.2 Å². The standard InChI is InChI=1S/C22H24Cl2N2O3/c1-2-29-22(28)18-13-17(7-8-20(18)24)25-21(27)15-9-11-26(12-10-15)14-16-5-3-4-6-19(16)23/h3-8,13,15H,2,9-12,14H2,1H3,(H,25,27). The van der Waals surface area contributed by atoms with Crippen molar-refractivity contribution in [3.8, 4) is 0 Å².